The van der Waals surface area contributed by atoms with E-state index in [4.69, 9.17) is 0 Å². The van der Waals surface area contributed by atoms with Crippen LogP contribution in [0.4, 0.5) is 0 Å². The molecule has 8 heteroatoms. The van der Waals surface area contributed by atoms with E-state index < -0.39 is 32.1 Å². The molecule has 196 valence electrons. The van der Waals surface area contributed by atoms with Gasteiger partial charge in [0.15, 0.2) is 0 Å². The van der Waals surface area contributed by atoms with E-state index >= 15 is 0 Å². The molecular weight excluding hydrogens is 492 g/mol. The highest BCUT2D eigenvalue weighted by atomic mass is 32.2. The van der Waals surface area contributed by atoms with Crippen molar-refractivity contribution in [2.24, 2.45) is 0 Å². The molecule has 1 saturated carbocycles. The van der Waals surface area contributed by atoms with Crippen LogP contribution in [-0.2, 0) is 20.0 Å². The van der Waals surface area contributed by atoms with Gasteiger partial charge in [-0.1, -0.05) is 75.2 Å². The first-order valence-electron chi connectivity index (χ1n) is 12.5. The summed E-state index contributed by atoms with van der Waals surface area (Å²) in [6.45, 7) is 16.6. The first-order chi connectivity index (χ1) is 17.0. The summed E-state index contributed by atoms with van der Waals surface area (Å²) >= 11 is 0. The number of rotatable bonds is 12. The predicted molar refractivity (Wildman–Crippen MR) is 146 cm³/mol. The second kappa shape index (κ2) is 11.4. The Morgan fingerprint density at radius 2 is 0.944 bits per heavy atom. The lowest BCUT2D eigenvalue weighted by molar-refractivity contribution is 0.200. The molecule has 0 N–H and O–H groups in total. The Labute approximate surface area is 217 Å². The zero-order valence-electron chi connectivity index (χ0n) is 21.8. The number of benzene rings is 2. The maximum atomic E-state index is 13.9. The van der Waals surface area contributed by atoms with E-state index in [9.17, 15) is 16.8 Å². The predicted octanol–water partition coefficient (Wildman–Crippen LogP) is 5.45. The Morgan fingerprint density at radius 1 is 0.639 bits per heavy atom. The van der Waals surface area contributed by atoms with Crippen LogP contribution in [0.15, 0.2) is 82.6 Å². The molecule has 0 saturated heterocycles. The Balaban J connectivity index is 2.09. The van der Waals surface area contributed by atoms with Crippen LogP contribution in [0.1, 0.15) is 50.7 Å². The molecule has 2 aromatic rings. The van der Waals surface area contributed by atoms with Gasteiger partial charge in [0, 0.05) is 13.1 Å². The summed E-state index contributed by atoms with van der Waals surface area (Å²) in [7, 11) is -7.80. The molecule has 0 aromatic heterocycles. The molecule has 1 aliphatic carbocycles. The van der Waals surface area contributed by atoms with Crippen LogP contribution in [0.3, 0.4) is 0 Å². The smallest absolute Gasteiger partial charge is 0.207 e. The van der Waals surface area contributed by atoms with Crippen molar-refractivity contribution in [1.82, 2.24) is 8.61 Å². The molecule has 0 aliphatic heterocycles. The van der Waals surface area contributed by atoms with Crippen molar-refractivity contribution in [3.8, 4) is 0 Å². The molecule has 3 rings (SSSR count). The number of sulfonamides is 2. The van der Waals surface area contributed by atoms with Crippen LogP contribution in [0.2, 0.25) is 0 Å². The highest BCUT2D eigenvalue weighted by molar-refractivity contribution is 7.89. The van der Waals surface area contributed by atoms with Gasteiger partial charge in [0.05, 0.1) is 21.9 Å². The lowest BCUT2D eigenvalue weighted by Crippen LogP contribution is -2.63. The second-order valence-electron chi connectivity index (χ2n) is 9.50. The summed E-state index contributed by atoms with van der Waals surface area (Å²) in [6, 6.07) is 12.1. The maximum absolute atomic E-state index is 13.9. The highest BCUT2D eigenvalue weighted by Gasteiger charge is 2.52. The van der Waals surface area contributed by atoms with Crippen LogP contribution >= 0.6 is 0 Å². The molecule has 0 amide bonds. The maximum Gasteiger partial charge on any atom is 0.243 e. The van der Waals surface area contributed by atoms with Gasteiger partial charge >= 0.3 is 0 Å². The molecular formula is C28H38N2O4S2. The lowest BCUT2D eigenvalue weighted by Gasteiger charge is -2.51. The SMILES string of the molecule is C=C1C(=C)[C@@H](N(CCCC)S(=O)(=O)c2ccc(C)cc2)[C@@H]1N(CCCC)S(=O)(=O)c1ccc(C)cc1. The monoisotopic (exact) mass is 530 g/mol. The minimum atomic E-state index is -3.90. The minimum Gasteiger partial charge on any atom is -0.207 e. The number of hydrogen-bond donors (Lipinski definition) is 0. The molecule has 36 heavy (non-hydrogen) atoms. The molecule has 1 aliphatic rings. The third-order valence-electron chi connectivity index (χ3n) is 6.77. The molecule has 2 atom stereocenters. The summed E-state index contributed by atoms with van der Waals surface area (Å²) in [4.78, 5) is 0.379. The Hall–Kier alpha value is -2.26. The Morgan fingerprint density at radius 3 is 1.22 bits per heavy atom. The van der Waals surface area contributed by atoms with Crippen molar-refractivity contribution in [1.29, 1.82) is 0 Å². The van der Waals surface area contributed by atoms with Crippen molar-refractivity contribution in [2.75, 3.05) is 13.1 Å². The van der Waals surface area contributed by atoms with Gasteiger partial charge in [-0.3, -0.25) is 0 Å². The van der Waals surface area contributed by atoms with Crippen LogP contribution in [0.5, 0.6) is 0 Å². The molecule has 6 nitrogen and oxygen atoms in total. The van der Waals surface area contributed by atoms with Gasteiger partial charge in [-0.2, -0.15) is 8.61 Å². The first kappa shape index (κ1) is 28.3. The van der Waals surface area contributed by atoms with Crippen molar-refractivity contribution in [3.05, 3.63) is 84.0 Å². The van der Waals surface area contributed by atoms with E-state index in [1.807, 2.05) is 27.7 Å². The van der Waals surface area contributed by atoms with E-state index in [1.165, 1.54) is 8.61 Å². The van der Waals surface area contributed by atoms with Crippen molar-refractivity contribution in [2.45, 2.75) is 75.3 Å². The van der Waals surface area contributed by atoms with Gasteiger partial charge in [0.1, 0.15) is 0 Å². The first-order valence-corrected chi connectivity index (χ1v) is 15.4. The number of nitrogens with zero attached hydrogens (tertiary/aromatic N) is 2. The average molecular weight is 531 g/mol. The molecule has 0 bridgehead atoms. The van der Waals surface area contributed by atoms with Crippen LogP contribution in [0, 0.1) is 13.8 Å². The van der Waals surface area contributed by atoms with Crippen molar-refractivity contribution in [3.63, 3.8) is 0 Å². The van der Waals surface area contributed by atoms with E-state index in [-0.39, 0.29) is 22.9 Å². The molecule has 0 radical (unpaired) electrons. The van der Waals surface area contributed by atoms with Crippen LogP contribution in [0.25, 0.3) is 0 Å². The standard InChI is InChI=1S/C28H38N2O4S2/c1-7-9-19-29(35(31,32)25-15-11-21(3)12-16-25)27-23(5)24(6)28(27)30(20-10-8-2)36(33,34)26-17-13-22(4)14-18-26/h11-18,27-28H,5-10,19-20H2,1-4H3/t27-,28-/m1/s1. The largest absolute Gasteiger partial charge is 0.243 e. The fourth-order valence-corrected chi connectivity index (χ4v) is 7.79. The zero-order valence-corrected chi connectivity index (χ0v) is 23.4. The number of hydrogen-bond acceptors (Lipinski definition) is 4. The molecule has 0 unspecified atom stereocenters. The molecule has 2 aromatic carbocycles. The van der Waals surface area contributed by atoms with Crippen molar-refractivity contribution >= 4 is 20.0 Å². The van der Waals surface area contributed by atoms with Crippen LogP contribution < -0.4 is 0 Å². The van der Waals surface area contributed by atoms with Gasteiger partial charge in [-0.05, 0) is 62.1 Å². The summed E-state index contributed by atoms with van der Waals surface area (Å²) < 4.78 is 58.3. The fraction of sp³-hybridized carbons (Fsp3) is 0.429. The highest BCUT2D eigenvalue weighted by Crippen LogP contribution is 2.43. The van der Waals surface area contributed by atoms with Crippen molar-refractivity contribution < 1.29 is 16.8 Å². The Kier molecular flexibility index (Phi) is 8.98. The van der Waals surface area contributed by atoms with E-state index in [1.54, 1.807) is 48.5 Å². The van der Waals surface area contributed by atoms with Gasteiger partial charge in [0.25, 0.3) is 0 Å². The quantitative estimate of drug-likeness (QED) is 0.366. The lowest BCUT2D eigenvalue weighted by atomic mass is 9.76. The summed E-state index contributed by atoms with van der Waals surface area (Å²) in [5, 5.41) is 0. The van der Waals surface area contributed by atoms with E-state index in [0.29, 0.717) is 24.0 Å². The normalized spacial score (nSPS) is 18.6. The number of aryl methyl sites for hydroxylation is 2. The third kappa shape index (κ3) is 5.52. The zero-order chi connectivity index (χ0) is 26.7. The fourth-order valence-electron chi connectivity index (χ4n) is 4.46. The third-order valence-corrected chi connectivity index (χ3v) is 10.6. The van der Waals surface area contributed by atoms with Gasteiger partial charge < -0.3 is 0 Å². The summed E-state index contributed by atoms with van der Waals surface area (Å²) in [5.41, 5.74) is 3.05. The molecule has 0 heterocycles. The van der Waals surface area contributed by atoms with Gasteiger partial charge in [-0.15, -0.1) is 0 Å². The van der Waals surface area contributed by atoms with Gasteiger partial charge in [-0.25, -0.2) is 16.8 Å². The van der Waals surface area contributed by atoms with Gasteiger partial charge in [0.2, 0.25) is 20.0 Å². The summed E-state index contributed by atoms with van der Waals surface area (Å²) in [5.74, 6) is 0. The second-order valence-corrected chi connectivity index (χ2v) is 13.3. The van der Waals surface area contributed by atoms with Crippen LogP contribution in [-0.4, -0.2) is 50.6 Å². The Bertz CT molecular complexity index is 1190. The topological polar surface area (TPSA) is 74.8 Å². The minimum absolute atomic E-state index is 0.190. The summed E-state index contributed by atoms with van der Waals surface area (Å²) in [6.07, 6.45) is 2.89. The van der Waals surface area contributed by atoms with E-state index in [0.717, 1.165) is 24.0 Å². The molecule has 1 fully saturated rings. The van der Waals surface area contributed by atoms with E-state index in [2.05, 4.69) is 13.2 Å². The average Bonchev–Trinajstić information content (AvgIpc) is 2.85. The molecule has 0 spiro atoms. The number of unbranched alkanes of at least 4 members (excludes halogenated alkanes) is 2.